The van der Waals surface area contributed by atoms with Gasteiger partial charge in [-0.2, -0.15) is 0 Å². The van der Waals surface area contributed by atoms with Gasteiger partial charge in [-0.1, -0.05) is 62.4 Å². The molecule has 4 aromatic carbocycles. The highest BCUT2D eigenvalue weighted by Crippen LogP contribution is 2.32. The van der Waals surface area contributed by atoms with Gasteiger partial charge in [-0.05, 0) is 90.6 Å². The molecular formula is C33H36N2O4S. The second-order valence-corrected chi connectivity index (χ2v) is 12.0. The molecule has 0 aliphatic heterocycles. The van der Waals surface area contributed by atoms with Crippen LogP contribution < -0.4 is 14.4 Å². The molecule has 4 rings (SSSR count). The molecule has 6 nitrogen and oxygen atoms in total. The Morgan fingerprint density at radius 2 is 1.45 bits per heavy atom. The number of sulfonamides is 1. The lowest BCUT2D eigenvalue weighted by molar-refractivity contribution is 0.0939. The Hall–Kier alpha value is -4.10. The van der Waals surface area contributed by atoms with Crippen molar-refractivity contribution >= 4 is 21.6 Å². The molecule has 208 valence electrons. The molecule has 0 saturated heterocycles. The van der Waals surface area contributed by atoms with Crippen LogP contribution in [0.3, 0.4) is 0 Å². The molecule has 0 aromatic heterocycles. The average molecular weight is 557 g/mol. The molecule has 4 aromatic rings. The minimum atomic E-state index is -3.80. The molecular weight excluding hydrogens is 520 g/mol. The third-order valence-electron chi connectivity index (χ3n) is 6.97. The van der Waals surface area contributed by atoms with Crippen molar-refractivity contribution in [3.05, 3.63) is 125 Å². The van der Waals surface area contributed by atoms with Crippen LogP contribution in [0.5, 0.6) is 5.75 Å². The highest BCUT2D eigenvalue weighted by Gasteiger charge is 2.25. The maximum absolute atomic E-state index is 13.6. The van der Waals surface area contributed by atoms with Crippen molar-refractivity contribution in [3.8, 4) is 5.75 Å². The van der Waals surface area contributed by atoms with Crippen LogP contribution in [-0.2, 0) is 16.6 Å². The number of aryl methyl sites for hydroxylation is 1. The summed E-state index contributed by atoms with van der Waals surface area (Å²) in [5.74, 6) is 0.937. The summed E-state index contributed by atoms with van der Waals surface area (Å²) in [5, 5.41) is 3.10. The van der Waals surface area contributed by atoms with Gasteiger partial charge in [-0.15, -0.1) is 0 Å². The largest absolute Gasteiger partial charge is 0.496 e. The Morgan fingerprint density at radius 1 is 0.850 bits per heavy atom. The summed E-state index contributed by atoms with van der Waals surface area (Å²) in [4.78, 5) is 13.4. The van der Waals surface area contributed by atoms with Crippen molar-refractivity contribution < 1.29 is 17.9 Å². The molecule has 1 atom stereocenters. The molecule has 7 heteroatoms. The van der Waals surface area contributed by atoms with E-state index in [0.29, 0.717) is 11.3 Å². The Morgan fingerprint density at radius 3 is 2.02 bits per heavy atom. The van der Waals surface area contributed by atoms with Crippen molar-refractivity contribution in [2.75, 3.05) is 11.4 Å². The summed E-state index contributed by atoms with van der Waals surface area (Å²) in [7, 11) is -2.13. The molecule has 0 heterocycles. The van der Waals surface area contributed by atoms with Gasteiger partial charge in [0.2, 0.25) is 0 Å². The van der Waals surface area contributed by atoms with Crippen molar-refractivity contribution in [1.29, 1.82) is 0 Å². The van der Waals surface area contributed by atoms with E-state index in [1.54, 1.807) is 73.8 Å². The fourth-order valence-electron chi connectivity index (χ4n) is 4.72. The highest BCUT2D eigenvalue weighted by atomic mass is 32.2. The van der Waals surface area contributed by atoms with Crippen LogP contribution in [0.25, 0.3) is 0 Å². The second kappa shape index (κ2) is 12.4. The molecule has 0 fully saturated rings. The summed E-state index contributed by atoms with van der Waals surface area (Å²) < 4.78 is 34.1. The van der Waals surface area contributed by atoms with E-state index in [0.717, 1.165) is 28.0 Å². The zero-order chi connectivity index (χ0) is 28.9. The summed E-state index contributed by atoms with van der Waals surface area (Å²) in [6.07, 6.45) is 0. The lowest BCUT2D eigenvalue weighted by atomic mass is 9.93. The van der Waals surface area contributed by atoms with Crippen LogP contribution in [-0.4, -0.2) is 21.4 Å². The summed E-state index contributed by atoms with van der Waals surface area (Å²) >= 11 is 0. The Labute approximate surface area is 237 Å². The van der Waals surface area contributed by atoms with Crippen molar-refractivity contribution in [3.63, 3.8) is 0 Å². The van der Waals surface area contributed by atoms with Gasteiger partial charge in [0.15, 0.2) is 0 Å². The van der Waals surface area contributed by atoms with Gasteiger partial charge in [0.1, 0.15) is 5.75 Å². The Kier molecular flexibility index (Phi) is 8.95. The van der Waals surface area contributed by atoms with E-state index in [4.69, 9.17) is 4.74 Å². The molecule has 1 amide bonds. The van der Waals surface area contributed by atoms with E-state index >= 15 is 0 Å². The van der Waals surface area contributed by atoms with E-state index in [1.807, 2.05) is 38.1 Å². The van der Waals surface area contributed by atoms with Crippen LogP contribution in [0.1, 0.15) is 65.3 Å². The molecule has 0 unspecified atom stereocenters. The number of rotatable bonds is 10. The van der Waals surface area contributed by atoms with Gasteiger partial charge in [0.05, 0.1) is 30.3 Å². The standard InChI is InChI=1S/C33H36N2O4S/c1-23(2)30-21-31(24(3)20-32(30)39-5)25(4)34-33(36)27-18-16-26(17-19-27)22-35(28-12-8-6-9-13-28)40(37,38)29-14-10-7-11-15-29/h6-21,23,25H,22H2,1-5H3,(H,34,36)/t25-/m0/s1. The molecule has 0 aliphatic rings. The number of amides is 1. The highest BCUT2D eigenvalue weighted by molar-refractivity contribution is 7.92. The number of nitrogens with one attached hydrogen (secondary N) is 1. The number of nitrogens with zero attached hydrogens (tertiary/aromatic N) is 1. The number of benzene rings is 4. The topological polar surface area (TPSA) is 75.7 Å². The summed E-state index contributed by atoms with van der Waals surface area (Å²) in [5.41, 5.74) is 5.02. The quantitative estimate of drug-likeness (QED) is 0.228. The monoisotopic (exact) mass is 556 g/mol. The fourth-order valence-corrected chi connectivity index (χ4v) is 6.20. The van der Waals surface area contributed by atoms with Gasteiger partial charge >= 0.3 is 0 Å². The van der Waals surface area contributed by atoms with Crippen LogP contribution in [0.4, 0.5) is 5.69 Å². The SMILES string of the molecule is COc1cc(C)c([C@H](C)NC(=O)c2ccc(CN(c3ccccc3)S(=O)(=O)c3ccccc3)cc2)cc1C(C)C. The third kappa shape index (κ3) is 6.37. The Bertz CT molecular complexity index is 1550. The van der Waals surface area contributed by atoms with Gasteiger partial charge < -0.3 is 10.1 Å². The maximum Gasteiger partial charge on any atom is 0.264 e. The minimum Gasteiger partial charge on any atom is -0.496 e. The molecule has 0 spiro atoms. The maximum atomic E-state index is 13.6. The van der Waals surface area contributed by atoms with E-state index < -0.39 is 10.0 Å². The number of anilines is 1. The van der Waals surface area contributed by atoms with Gasteiger partial charge in [-0.3, -0.25) is 9.10 Å². The van der Waals surface area contributed by atoms with Gasteiger partial charge in [0, 0.05) is 5.56 Å². The summed E-state index contributed by atoms with van der Waals surface area (Å²) in [6.45, 7) is 8.35. The first-order valence-corrected chi connectivity index (χ1v) is 14.8. The van der Waals surface area contributed by atoms with Gasteiger partial charge in [0.25, 0.3) is 15.9 Å². The summed E-state index contributed by atoms with van der Waals surface area (Å²) in [6, 6.07) is 28.4. The third-order valence-corrected chi connectivity index (χ3v) is 8.76. The predicted octanol–water partition coefficient (Wildman–Crippen LogP) is 7.01. The normalized spacial score (nSPS) is 12.2. The smallest absolute Gasteiger partial charge is 0.264 e. The van der Waals surface area contributed by atoms with Crippen molar-refractivity contribution in [2.24, 2.45) is 0 Å². The molecule has 40 heavy (non-hydrogen) atoms. The number of carbonyl (C=O) groups is 1. The van der Waals surface area contributed by atoms with E-state index in [2.05, 4.69) is 25.2 Å². The first-order valence-electron chi connectivity index (χ1n) is 13.3. The van der Waals surface area contributed by atoms with Crippen LogP contribution >= 0.6 is 0 Å². The first-order chi connectivity index (χ1) is 19.1. The predicted molar refractivity (Wildman–Crippen MR) is 160 cm³/mol. The molecule has 0 bridgehead atoms. The average Bonchev–Trinajstić information content (AvgIpc) is 2.96. The van der Waals surface area contributed by atoms with Crippen molar-refractivity contribution in [1.82, 2.24) is 5.32 Å². The lowest BCUT2D eigenvalue weighted by Gasteiger charge is -2.25. The molecule has 0 saturated carbocycles. The van der Waals surface area contributed by atoms with Crippen LogP contribution in [0.2, 0.25) is 0 Å². The molecule has 1 N–H and O–H groups in total. The Balaban J connectivity index is 1.54. The number of para-hydroxylation sites is 1. The lowest BCUT2D eigenvalue weighted by Crippen LogP contribution is -2.30. The zero-order valence-electron chi connectivity index (χ0n) is 23.6. The van der Waals surface area contributed by atoms with Crippen LogP contribution in [0.15, 0.2) is 102 Å². The number of methoxy groups -OCH3 is 1. The van der Waals surface area contributed by atoms with Crippen molar-refractivity contribution in [2.45, 2.75) is 51.1 Å². The zero-order valence-corrected chi connectivity index (χ0v) is 24.4. The second-order valence-electron chi connectivity index (χ2n) is 10.2. The number of ether oxygens (including phenoxy) is 1. The molecule has 0 radical (unpaired) electrons. The first kappa shape index (κ1) is 28.9. The minimum absolute atomic E-state index is 0.128. The van der Waals surface area contributed by atoms with E-state index in [-0.39, 0.29) is 29.3 Å². The van der Waals surface area contributed by atoms with Crippen LogP contribution in [0, 0.1) is 6.92 Å². The molecule has 0 aliphatic carbocycles. The van der Waals surface area contributed by atoms with E-state index in [1.165, 1.54) is 4.31 Å². The number of carbonyl (C=O) groups excluding carboxylic acids is 1. The fraction of sp³-hybridized carbons (Fsp3) is 0.242. The van der Waals surface area contributed by atoms with E-state index in [9.17, 15) is 13.2 Å². The number of hydrogen-bond acceptors (Lipinski definition) is 4. The van der Waals surface area contributed by atoms with Gasteiger partial charge in [-0.25, -0.2) is 8.42 Å². The number of hydrogen-bond donors (Lipinski definition) is 1.